The molecule has 0 aliphatic heterocycles. The molecule has 3 heterocycles. The largest absolute Gasteiger partial charge is 0.248 e. The van der Waals surface area contributed by atoms with Gasteiger partial charge in [-0.05, 0) is 37.0 Å². The molecule has 0 fully saturated rings. The lowest BCUT2D eigenvalue weighted by Crippen LogP contribution is -2.08. The number of fused-ring (bicyclic) bond motifs is 5. The molecule has 0 amide bonds. The summed E-state index contributed by atoms with van der Waals surface area (Å²) in [6.45, 7) is 6.13. The van der Waals surface area contributed by atoms with Crippen LogP contribution >= 0.6 is 34.9 Å². The summed E-state index contributed by atoms with van der Waals surface area (Å²) in [4.78, 5) is 7.53. The van der Waals surface area contributed by atoms with Crippen LogP contribution in [0.2, 0.25) is 0 Å². The number of hydrogen-bond acceptors (Lipinski definition) is 6. The van der Waals surface area contributed by atoms with Crippen LogP contribution in [0.3, 0.4) is 0 Å². The summed E-state index contributed by atoms with van der Waals surface area (Å²) in [5.41, 5.74) is 2.43. The molecule has 0 spiro atoms. The van der Waals surface area contributed by atoms with Crippen LogP contribution in [-0.4, -0.2) is 31.6 Å². The molecule has 3 aromatic heterocycles. The Morgan fingerprint density at radius 3 is 3.04 bits per heavy atom. The normalized spacial score (nSPS) is 17.7. The number of thioether (sulfide) groups is 2. The molecule has 0 saturated heterocycles. The van der Waals surface area contributed by atoms with Crippen LogP contribution in [0.25, 0.3) is 15.9 Å². The Bertz CT molecular complexity index is 896. The van der Waals surface area contributed by atoms with E-state index < -0.39 is 0 Å². The molecule has 7 heteroatoms. The van der Waals surface area contributed by atoms with Gasteiger partial charge in [0.25, 0.3) is 0 Å². The highest BCUT2D eigenvalue weighted by atomic mass is 32.2. The average Bonchev–Trinajstić information content (AvgIpc) is 3.12. The third-order valence-corrected chi connectivity index (χ3v) is 6.96. The highest BCUT2D eigenvalue weighted by molar-refractivity contribution is 7.99. The summed E-state index contributed by atoms with van der Waals surface area (Å²) in [6.07, 6.45) is 7.51. The van der Waals surface area contributed by atoms with Crippen LogP contribution in [0, 0.1) is 5.92 Å². The van der Waals surface area contributed by atoms with E-state index in [1.807, 2.05) is 17.4 Å². The minimum atomic E-state index is 0.767. The van der Waals surface area contributed by atoms with Crippen molar-refractivity contribution in [1.29, 1.82) is 0 Å². The van der Waals surface area contributed by atoms with Gasteiger partial charge in [-0.2, -0.15) is 0 Å². The first-order valence-electron chi connectivity index (χ1n) is 7.70. The zero-order valence-electron chi connectivity index (χ0n) is 13.2. The van der Waals surface area contributed by atoms with Gasteiger partial charge in [-0.3, -0.25) is 0 Å². The standard InChI is InChI=1S/C16H18N4S3/c1-4-7-22-16-19-18-13-12-10-6-5-9(2)8-11(10)23-14(12)17-15(21-3)20(13)16/h4,9H,1,5-8H2,2-3H3/t9-/m0/s1. The van der Waals surface area contributed by atoms with E-state index in [0.717, 1.165) is 38.9 Å². The monoisotopic (exact) mass is 362 g/mol. The minimum Gasteiger partial charge on any atom is -0.248 e. The lowest BCUT2D eigenvalue weighted by atomic mass is 9.89. The van der Waals surface area contributed by atoms with Crippen molar-refractivity contribution in [2.75, 3.05) is 12.0 Å². The van der Waals surface area contributed by atoms with Gasteiger partial charge in [-0.15, -0.1) is 28.1 Å². The molecule has 0 aromatic carbocycles. The van der Waals surface area contributed by atoms with E-state index in [2.05, 4.69) is 34.4 Å². The second-order valence-corrected chi connectivity index (χ2v) is 8.72. The summed E-state index contributed by atoms with van der Waals surface area (Å²) in [6, 6.07) is 0. The molecule has 1 atom stereocenters. The molecule has 3 aromatic rings. The van der Waals surface area contributed by atoms with Crippen LogP contribution in [0.1, 0.15) is 23.8 Å². The third-order valence-electron chi connectivity index (χ3n) is 4.25. The van der Waals surface area contributed by atoms with Crippen molar-refractivity contribution in [2.24, 2.45) is 5.92 Å². The summed E-state index contributed by atoms with van der Waals surface area (Å²) in [7, 11) is 0. The van der Waals surface area contributed by atoms with Crippen molar-refractivity contribution in [3.63, 3.8) is 0 Å². The zero-order chi connectivity index (χ0) is 16.0. The zero-order valence-corrected chi connectivity index (χ0v) is 15.7. The molecule has 4 nitrogen and oxygen atoms in total. The van der Waals surface area contributed by atoms with E-state index in [0.29, 0.717) is 0 Å². The molecule has 120 valence electrons. The molecule has 0 saturated carbocycles. The first-order chi connectivity index (χ1) is 11.2. The Hall–Kier alpha value is -1.05. The van der Waals surface area contributed by atoms with Crippen molar-refractivity contribution in [3.8, 4) is 0 Å². The molecule has 1 aliphatic carbocycles. The van der Waals surface area contributed by atoms with E-state index in [4.69, 9.17) is 4.98 Å². The Balaban J connectivity index is 1.99. The van der Waals surface area contributed by atoms with Gasteiger partial charge in [0.05, 0.1) is 5.39 Å². The van der Waals surface area contributed by atoms with Gasteiger partial charge >= 0.3 is 0 Å². The summed E-state index contributed by atoms with van der Waals surface area (Å²) >= 11 is 5.15. The maximum absolute atomic E-state index is 4.92. The highest BCUT2D eigenvalue weighted by Crippen LogP contribution is 2.40. The number of aryl methyl sites for hydroxylation is 1. The van der Waals surface area contributed by atoms with Gasteiger partial charge in [0, 0.05) is 10.6 Å². The Kier molecular flexibility index (Phi) is 4.11. The van der Waals surface area contributed by atoms with Crippen molar-refractivity contribution in [1.82, 2.24) is 19.6 Å². The maximum Gasteiger partial charge on any atom is 0.198 e. The van der Waals surface area contributed by atoms with E-state index >= 15 is 0 Å². The summed E-state index contributed by atoms with van der Waals surface area (Å²) in [5, 5.41) is 12.0. The predicted molar refractivity (Wildman–Crippen MR) is 100 cm³/mol. The lowest BCUT2D eigenvalue weighted by Gasteiger charge is -2.17. The Labute approximate surface area is 147 Å². The second kappa shape index (κ2) is 6.11. The van der Waals surface area contributed by atoms with Gasteiger partial charge in [0.1, 0.15) is 4.83 Å². The Morgan fingerprint density at radius 1 is 1.39 bits per heavy atom. The average molecular weight is 363 g/mol. The van der Waals surface area contributed by atoms with Crippen LogP contribution in [0.5, 0.6) is 0 Å². The van der Waals surface area contributed by atoms with Crippen LogP contribution in [0.15, 0.2) is 23.0 Å². The number of nitrogens with zero attached hydrogens (tertiary/aromatic N) is 4. The number of thiophene rings is 1. The summed E-state index contributed by atoms with van der Waals surface area (Å²) < 4.78 is 2.12. The molecule has 0 N–H and O–H groups in total. The van der Waals surface area contributed by atoms with Crippen LogP contribution in [0.4, 0.5) is 0 Å². The van der Waals surface area contributed by atoms with Crippen molar-refractivity contribution in [2.45, 2.75) is 36.5 Å². The lowest BCUT2D eigenvalue weighted by molar-refractivity contribution is 0.509. The van der Waals surface area contributed by atoms with E-state index in [1.54, 1.807) is 23.5 Å². The van der Waals surface area contributed by atoms with E-state index in [9.17, 15) is 0 Å². The quantitative estimate of drug-likeness (QED) is 0.389. The molecule has 0 bridgehead atoms. The van der Waals surface area contributed by atoms with Gasteiger partial charge in [-0.25, -0.2) is 9.38 Å². The number of hydrogen-bond donors (Lipinski definition) is 0. The smallest absolute Gasteiger partial charge is 0.198 e. The summed E-state index contributed by atoms with van der Waals surface area (Å²) in [5.74, 6) is 1.59. The van der Waals surface area contributed by atoms with Gasteiger partial charge in [-0.1, -0.05) is 36.5 Å². The van der Waals surface area contributed by atoms with Gasteiger partial charge in [0.15, 0.2) is 16.0 Å². The van der Waals surface area contributed by atoms with Gasteiger partial charge < -0.3 is 0 Å². The second-order valence-electron chi connectivity index (χ2n) is 5.87. The molecule has 23 heavy (non-hydrogen) atoms. The van der Waals surface area contributed by atoms with E-state index in [1.165, 1.54) is 28.7 Å². The molecule has 0 radical (unpaired) electrons. The number of rotatable bonds is 4. The van der Waals surface area contributed by atoms with Crippen LogP contribution < -0.4 is 0 Å². The van der Waals surface area contributed by atoms with Crippen LogP contribution in [-0.2, 0) is 12.8 Å². The van der Waals surface area contributed by atoms with E-state index in [-0.39, 0.29) is 0 Å². The molecular weight excluding hydrogens is 344 g/mol. The first kappa shape index (κ1) is 15.5. The molecule has 4 rings (SSSR count). The highest BCUT2D eigenvalue weighted by Gasteiger charge is 2.25. The topological polar surface area (TPSA) is 43.1 Å². The Morgan fingerprint density at radius 2 is 2.26 bits per heavy atom. The molecule has 1 aliphatic rings. The SMILES string of the molecule is C=CCSc1nnc2c3c4c(sc3nc(SC)n12)C[C@@H](C)CC4. The van der Waals surface area contributed by atoms with Crippen molar-refractivity contribution in [3.05, 3.63) is 23.1 Å². The molecule has 0 unspecified atom stereocenters. The minimum absolute atomic E-state index is 0.767. The van der Waals surface area contributed by atoms with Crippen molar-refractivity contribution < 1.29 is 0 Å². The molecular formula is C16H18N4S3. The predicted octanol–water partition coefficient (Wildman–Crippen LogP) is 4.46. The fraction of sp³-hybridized carbons (Fsp3) is 0.438. The fourth-order valence-electron chi connectivity index (χ4n) is 3.15. The van der Waals surface area contributed by atoms with Gasteiger partial charge in [0.2, 0.25) is 0 Å². The fourth-order valence-corrected chi connectivity index (χ4v) is 5.85. The van der Waals surface area contributed by atoms with Crippen molar-refractivity contribution >= 4 is 50.7 Å². The third kappa shape index (κ3) is 2.49. The number of aromatic nitrogens is 4. The maximum atomic E-state index is 4.92. The first-order valence-corrected chi connectivity index (χ1v) is 10.7.